The summed E-state index contributed by atoms with van der Waals surface area (Å²) in [5.74, 6) is 0.754. The maximum absolute atomic E-state index is 6.06. The summed E-state index contributed by atoms with van der Waals surface area (Å²) >= 11 is 3.50. The molecule has 0 heterocycles. The molecule has 1 aromatic carbocycles. The molecule has 1 aliphatic rings. The second-order valence-electron chi connectivity index (χ2n) is 4.52. The molecule has 0 saturated heterocycles. The number of hydrogen-bond donors (Lipinski definition) is 1. The Bertz CT molecular complexity index is 324. The van der Waals surface area contributed by atoms with Crippen molar-refractivity contribution < 1.29 is 0 Å². The van der Waals surface area contributed by atoms with Crippen molar-refractivity contribution >= 4 is 15.9 Å². The van der Waals surface area contributed by atoms with Gasteiger partial charge in [0.05, 0.1) is 0 Å². The van der Waals surface area contributed by atoms with E-state index in [2.05, 4.69) is 40.2 Å². The zero-order chi connectivity index (χ0) is 10.7. The quantitative estimate of drug-likeness (QED) is 0.892. The summed E-state index contributed by atoms with van der Waals surface area (Å²) < 4.78 is 1.18. The molecule has 1 aliphatic carbocycles. The van der Waals surface area contributed by atoms with E-state index in [1.54, 1.807) is 0 Å². The van der Waals surface area contributed by atoms with Crippen LogP contribution in [0.25, 0.3) is 0 Å². The molecule has 1 saturated carbocycles. The van der Waals surface area contributed by atoms with Crippen LogP contribution in [0, 0.1) is 5.92 Å². The van der Waals surface area contributed by atoms with Crippen LogP contribution in [0.5, 0.6) is 0 Å². The van der Waals surface area contributed by atoms with Gasteiger partial charge in [-0.25, -0.2) is 0 Å². The van der Waals surface area contributed by atoms with Crippen LogP contribution in [0.2, 0.25) is 0 Å². The first-order chi connectivity index (χ1) is 7.25. The molecule has 2 unspecified atom stereocenters. The summed E-state index contributed by atoms with van der Waals surface area (Å²) in [5, 5.41) is 0. The maximum atomic E-state index is 6.06. The minimum Gasteiger partial charge on any atom is -0.327 e. The Kier molecular flexibility index (Phi) is 3.81. The molecule has 0 amide bonds. The molecular formula is C13H18BrN. The Morgan fingerprint density at radius 3 is 2.87 bits per heavy atom. The Morgan fingerprint density at radius 1 is 1.33 bits per heavy atom. The monoisotopic (exact) mass is 267 g/mol. The van der Waals surface area contributed by atoms with E-state index in [-0.39, 0.29) is 0 Å². The number of hydrogen-bond acceptors (Lipinski definition) is 1. The lowest BCUT2D eigenvalue weighted by atomic mass is 9.95. The van der Waals surface area contributed by atoms with Crippen molar-refractivity contribution in [2.75, 3.05) is 0 Å². The third-order valence-corrected chi connectivity index (χ3v) is 3.90. The first-order valence-electron chi connectivity index (χ1n) is 5.76. The van der Waals surface area contributed by atoms with Crippen LogP contribution in [0.3, 0.4) is 0 Å². The lowest BCUT2D eigenvalue weighted by Gasteiger charge is -2.14. The Balaban J connectivity index is 1.87. The number of halogens is 1. The molecule has 0 aliphatic heterocycles. The second kappa shape index (κ2) is 5.13. The van der Waals surface area contributed by atoms with Crippen LogP contribution in [0.4, 0.5) is 0 Å². The molecule has 82 valence electrons. The summed E-state index contributed by atoms with van der Waals surface area (Å²) in [5.41, 5.74) is 7.48. The standard InChI is InChI=1S/C13H18BrN/c14-12-5-1-3-10(9-12)7-8-11-4-2-6-13(11)15/h1,3,5,9,11,13H,2,4,6-8,15H2. The molecule has 2 rings (SSSR count). The normalized spacial score (nSPS) is 25.7. The van der Waals surface area contributed by atoms with E-state index in [1.165, 1.54) is 35.7 Å². The molecular weight excluding hydrogens is 250 g/mol. The van der Waals surface area contributed by atoms with Gasteiger partial charge in [-0.05, 0) is 49.3 Å². The lowest BCUT2D eigenvalue weighted by molar-refractivity contribution is 0.447. The fourth-order valence-electron chi connectivity index (χ4n) is 2.47. The van der Waals surface area contributed by atoms with E-state index in [0.717, 1.165) is 12.3 Å². The van der Waals surface area contributed by atoms with Gasteiger partial charge in [0.2, 0.25) is 0 Å². The van der Waals surface area contributed by atoms with Crippen LogP contribution < -0.4 is 5.73 Å². The van der Waals surface area contributed by atoms with Gasteiger partial charge in [-0.15, -0.1) is 0 Å². The smallest absolute Gasteiger partial charge is 0.0177 e. The van der Waals surface area contributed by atoms with Gasteiger partial charge in [0, 0.05) is 10.5 Å². The van der Waals surface area contributed by atoms with Crippen LogP contribution in [0.15, 0.2) is 28.7 Å². The molecule has 0 aromatic heterocycles. The van der Waals surface area contributed by atoms with Crippen molar-refractivity contribution in [2.45, 2.75) is 38.1 Å². The Morgan fingerprint density at radius 2 is 2.20 bits per heavy atom. The first kappa shape index (κ1) is 11.2. The second-order valence-corrected chi connectivity index (χ2v) is 5.44. The van der Waals surface area contributed by atoms with E-state index >= 15 is 0 Å². The van der Waals surface area contributed by atoms with Gasteiger partial charge < -0.3 is 5.73 Å². The van der Waals surface area contributed by atoms with Gasteiger partial charge in [0.25, 0.3) is 0 Å². The molecule has 2 heteroatoms. The van der Waals surface area contributed by atoms with E-state index in [4.69, 9.17) is 5.73 Å². The minimum atomic E-state index is 0.456. The molecule has 1 aromatic rings. The van der Waals surface area contributed by atoms with Crippen molar-refractivity contribution in [1.82, 2.24) is 0 Å². The molecule has 2 N–H and O–H groups in total. The molecule has 0 spiro atoms. The topological polar surface area (TPSA) is 26.0 Å². The molecule has 15 heavy (non-hydrogen) atoms. The fourth-order valence-corrected chi connectivity index (χ4v) is 2.92. The lowest BCUT2D eigenvalue weighted by Crippen LogP contribution is -2.24. The highest BCUT2D eigenvalue weighted by atomic mass is 79.9. The Hall–Kier alpha value is -0.340. The summed E-state index contributed by atoms with van der Waals surface area (Å²) in [7, 11) is 0. The average molecular weight is 268 g/mol. The number of nitrogens with two attached hydrogens (primary N) is 1. The van der Waals surface area contributed by atoms with Crippen molar-refractivity contribution in [1.29, 1.82) is 0 Å². The predicted octanol–water partition coefficient (Wildman–Crippen LogP) is 3.51. The Labute approximate surface area is 100 Å². The predicted molar refractivity (Wildman–Crippen MR) is 67.8 cm³/mol. The molecule has 1 fully saturated rings. The summed E-state index contributed by atoms with van der Waals surface area (Å²) in [6.45, 7) is 0. The third kappa shape index (κ3) is 3.05. The minimum absolute atomic E-state index is 0.456. The van der Waals surface area contributed by atoms with Crippen LogP contribution in [-0.4, -0.2) is 6.04 Å². The van der Waals surface area contributed by atoms with Crippen LogP contribution >= 0.6 is 15.9 Å². The van der Waals surface area contributed by atoms with E-state index in [1.807, 2.05) is 0 Å². The fraction of sp³-hybridized carbons (Fsp3) is 0.538. The first-order valence-corrected chi connectivity index (χ1v) is 6.55. The SMILES string of the molecule is NC1CCCC1CCc1cccc(Br)c1. The van der Waals surface area contributed by atoms with Crippen LogP contribution in [-0.2, 0) is 6.42 Å². The number of rotatable bonds is 3. The van der Waals surface area contributed by atoms with Crippen LogP contribution in [0.1, 0.15) is 31.2 Å². The molecule has 0 radical (unpaired) electrons. The maximum Gasteiger partial charge on any atom is 0.0177 e. The van der Waals surface area contributed by atoms with Gasteiger partial charge in [-0.3, -0.25) is 0 Å². The third-order valence-electron chi connectivity index (χ3n) is 3.41. The zero-order valence-corrected chi connectivity index (χ0v) is 10.5. The van der Waals surface area contributed by atoms with Gasteiger partial charge >= 0.3 is 0 Å². The largest absolute Gasteiger partial charge is 0.327 e. The average Bonchev–Trinajstić information content (AvgIpc) is 2.61. The van der Waals surface area contributed by atoms with E-state index in [9.17, 15) is 0 Å². The summed E-state index contributed by atoms with van der Waals surface area (Å²) in [6, 6.07) is 9.04. The van der Waals surface area contributed by atoms with Gasteiger partial charge in [-0.2, -0.15) is 0 Å². The highest BCUT2D eigenvalue weighted by Gasteiger charge is 2.23. The highest BCUT2D eigenvalue weighted by Crippen LogP contribution is 2.28. The zero-order valence-electron chi connectivity index (χ0n) is 8.95. The van der Waals surface area contributed by atoms with Crippen molar-refractivity contribution in [3.05, 3.63) is 34.3 Å². The summed E-state index contributed by atoms with van der Waals surface area (Å²) in [6.07, 6.45) is 6.29. The molecule has 1 nitrogen and oxygen atoms in total. The van der Waals surface area contributed by atoms with Crippen molar-refractivity contribution in [2.24, 2.45) is 11.7 Å². The van der Waals surface area contributed by atoms with E-state index < -0.39 is 0 Å². The van der Waals surface area contributed by atoms with Gasteiger partial charge in [-0.1, -0.05) is 34.5 Å². The molecule has 0 bridgehead atoms. The van der Waals surface area contributed by atoms with Gasteiger partial charge in [0.15, 0.2) is 0 Å². The van der Waals surface area contributed by atoms with Crippen molar-refractivity contribution in [3.8, 4) is 0 Å². The summed E-state index contributed by atoms with van der Waals surface area (Å²) in [4.78, 5) is 0. The molecule has 2 atom stereocenters. The van der Waals surface area contributed by atoms with Crippen molar-refractivity contribution in [3.63, 3.8) is 0 Å². The van der Waals surface area contributed by atoms with Gasteiger partial charge in [0.1, 0.15) is 0 Å². The number of benzene rings is 1. The van der Waals surface area contributed by atoms with E-state index in [0.29, 0.717) is 6.04 Å². The number of aryl methyl sites for hydroxylation is 1. The highest BCUT2D eigenvalue weighted by molar-refractivity contribution is 9.10.